The highest BCUT2D eigenvalue weighted by Gasteiger charge is 2.13. The molecule has 0 saturated carbocycles. The lowest BCUT2D eigenvalue weighted by Gasteiger charge is -2.17. The van der Waals surface area contributed by atoms with E-state index in [2.05, 4.69) is 109 Å². The van der Waals surface area contributed by atoms with E-state index in [-0.39, 0.29) is 0 Å². The van der Waals surface area contributed by atoms with Crippen molar-refractivity contribution in [3.63, 3.8) is 0 Å². The van der Waals surface area contributed by atoms with Gasteiger partial charge in [0.2, 0.25) is 0 Å². The Bertz CT molecular complexity index is 1060. The molecule has 0 nitrogen and oxygen atoms in total. The van der Waals surface area contributed by atoms with Crippen molar-refractivity contribution in [1.82, 2.24) is 0 Å². The molecular weight excluding hydrogens is 372 g/mol. The van der Waals surface area contributed by atoms with Gasteiger partial charge >= 0.3 is 0 Å². The maximum Gasteiger partial charge on any atom is -0.00918 e. The van der Waals surface area contributed by atoms with Crippen LogP contribution in [0.5, 0.6) is 0 Å². The fraction of sp³-hybridized carbons (Fsp3) is 0.355. The van der Waals surface area contributed by atoms with E-state index in [0.717, 1.165) is 25.2 Å². The Balaban J connectivity index is 0.000000785. The van der Waals surface area contributed by atoms with Crippen molar-refractivity contribution in [3.8, 4) is 0 Å². The van der Waals surface area contributed by atoms with Crippen LogP contribution in [0, 0.1) is 12.8 Å². The molecule has 0 spiro atoms. The SMILES string of the molecule is C=CCCC/C(C)=C(\C/C=C\C)c1c(C)ccc2cc3ccccc3cc12.CC(C)C. The van der Waals surface area contributed by atoms with Crippen LogP contribution in [-0.4, -0.2) is 0 Å². The minimum atomic E-state index is 0.833. The summed E-state index contributed by atoms with van der Waals surface area (Å²) in [5.41, 5.74) is 5.77. The van der Waals surface area contributed by atoms with Crippen molar-refractivity contribution in [2.75, 3.05) is 0 Å². The van der Waals surface area contributed by atoms with Gasteiger partial charge in [0.05, 0.1) is 0 Å². The molecule has 0 fully saturated rings. The molecule has 0 unspecified atom stereocenters. The molecule has 0 aromatic heterocycles. The highest BCUT2D eigenvalue weighted by atomic mass is 14.2. The first-order valence-electron chi connectivity index (χ1n) is 11.7. The predicted molar refractivity (Wildman–Crippen MR) is 143 cm³/mol. The molecule has 0 atom stereocenters. The molecule has 0 aliphatic carbocycles. The maximum atomic E-state index is 3.87. The highest BCUT2D eigenvalue weighted by Crippen LogP contribution is 2.36. The normalized spacial score (nSPS) is 12.2. The number of hydrogen-bond donors (Lipinski definition) is 0. The van der Waals surface area contributed by atoms with Gasteiger partial charge in [-0.3, -0.25) is 0 Å². The second kappa shape index (κ2) is 12.3. The van der Waals surface area contributed by atoms with Gasteiger partial charge in [0, 0.05) is 0 Å². The summed E-state index contributed by atoms with van der Waals surface area (Å²) < 4.78 is 0. The van der Waals surface area contributed by atoms with Crippen molar-refractivity contribution in [2.45, 2.75) is 67.2 Å². The summed E-state index contributed by atoms with van der Waals surface area (Å²) in [7, 11) is 0. The summed E-state index contributed by atoms with van der Waals surface area (Å²) in [4.78, 5) is 0. The van der Waals surface area contributed by atoms with E-state index in [9.17, 15) is 0 Å². The van der Waals surface area contributed by atoms with E-state index < -0.39 is 0 Å². The van der Waals surface area contributed by atoms with Crippen LogP contribution in [0.3, 0.4) is 0 Å². The second-order valence-corrected chi connectivity index (χ2v) is 9.12. The van der Waals surface area contributed by atoms with E-state index >= 15 is 0 Å². The molecule has 3 aromatic rings. The number of aryl methyl sites for hydroxylation is 1. The number of hydrogen-bond acceptors (Lipinski definition) is 0. The molecule has 0 aliphatic rings. The minimum Gasteiger partial charge on any atom is -0.103 e. The maximum absolute atomic E-state index is 3.87. The largest absolute Gasteiger partial charge is 0.103 e. The summed E-state index contributed by atoms with van der Waals surface area (Å²) in [6.45, 7) is 17.0. The van der Waals surface area contributed by atoms with Crippen LogP contribution in [0.1, 0.15) is 71.4 Å². The number of rotatable bonds is 7. The van der Waals surface area contributed by atoms with Gasteiger partial charge in [-0.1, -0.05) is 81.0 Å². The van der Waals surface area contributed by atoms with E-state index in [4.69, 9.17) is 0 Å². The van der Waals surface area contributed by atoms with Crippen molar-refractivity contribution in [1.29, 1.82) is 0 Å². The summed E-state index contributed by atoms with van der Waals surface area (Å²) in [6.07, 6.45) is 10.8. The fourth-order valence-electron chi connectivity index (χ4n) is 3.91. The van der Waals surface area contributed by atoms with Crippen molar-refractivity contribution < 1.29 is 0 Å². The van der Waals surface area contributed by atoms with Crippen LogP contribution < -0.4 is 0 Å². The highest BCUT2D eigenvalue weighted by molar-refractivity contribution is 6.04. The Morgan fingerprint density at radius 2 is 1.61 bits per heavy atom. The average molecular weight is 413 g/mol. The number of allylic oxidation sites excluding steroid dienone is 5. The van der Waals surface area contributed by atoms with E-state index in [0.29, 0.717) is 0 Å². The number of fused-ring (bicyclic) bond motifs is 2. The van der Waals surface area contributed by atoms with Gasteiger partial charge in [0.25, 0.3) is 0 Å². The molecule has 0 heteroatoms. The molecule has 0 radical (unpaired) electrons. The lowest BCUT2D eigenvalue weighted by molar-refractivity contribution is 0.737. The van der Waals surface area contributed by atoms with Gasteiger partial charge in [0.1, 0.15) is 0 Å². The van der Waals surface area contributed by atoms with Crippen LogP contribution in [-0.2, 0) is 0 Å². The van der Waals surface area contributed by atoms with Gasteiger partial charge in [-0.2, -0.15) is 0 Å². The standard InChI is InChI=1S/C27H30.C4H10/c1-5-7-9-12-20(3)25(15-8-6-2)27-21(4)16-17-24-18-22-13-10-11-14-23(22)19-26(24)27;1-4(2)3/h5-6,8,10-11,13-14,16-19H,1,7,9,12,15H2,2-4H3;4H,1-3H3/b8-6-,25-20+;. The van der Waals surface area contributed by atoms with Crippen LogP contribution in [0.25, 0.3) is 27.1 Å². The van der Waals surface area contributed by atoms with Crippen molar-refractivity contribution in [2.24, 2.45) is 5.92 Å². The average Bonchev–Trinajstić information content (AvgIpc) is 2.73. The van der Waals surface area contributed by atoms with Crippen LogP contribution >= 0.6 is 0 Å². The monoisotopic (exact) mass is 412 g/mol. The Morgan fingerprint density at radius 1 is 0.968 bits per heavy atom. The summed E-state index contributed by atoms with van der Waals surface area (Å²) in [5.74, 6) is 0.833. The molecule has 164 valence electrons. The zero-order valence-electron chi connectivity index (χ0n) is 20.5. The Kier molecular flexibility index (Phi) is 9.79. The second-order valence-electron chi connectivity index (χ2n) is 9.12. The predicted octanol–water partition coefficient (Wildman–Crippen LogP) is 10.1. The molecule has 0 bridgehead atoms. The van der Waals surface area contributed by atoms with Gasteiger partial charge in [-0.05, 0) is 103 Å². The van der Waals surface area contributed by atoms with Crippen molar-refractivity contribution in [3.05, 3.63) is 90.0 Å². The lowest BCUT2D eigenvalue weighted by atomic mass is 9.87. The quantitative estimate of drug-likeness (QED) is 0.206. The molecule has 0 N–H and O–H groups in total. The van der Waals surface area contributed by atoms with E-state index in [1.807, 2.05) is 6.08 Å². The Morgan fingerprint density at radius 3 is 2.23 bits per heavy atom. The smallest absolute Gasteiger partial charge is 0.00918 e. The topological polar surface area (TPSA) is 0 Å². The third kappa shape index (κ3) is 6.96. The zero-order valence-corrected chi connectivity index (χ0v) is 20.5. The lowest BCUT2D eigenvalue weighted by Crippen LogP contribution is -1.95. The molecule has 3 aromatic carbocycles. The summed E-state index contributed by atoms with van der Waals surface area (Å²) in [6, 6.07) is 17.9. The third-order valence-corrected chi connectivity index (χ3v) is 5.43. The first kappa shape index (κ1) is 24.7. The van der Waals surface area contributed by atoms with Gasteiger partial charge in [-0.25, -0.2) is 0 Å². The Labute approximate surface area is 190 Å². The zero-order chi connectivity index (χ0) is 22.8. The van der Waals surface area contributed by atoms with Crippen LogP contribution in [0.2, 0.25) is 0 Å². The molecule has 0 saturated heterocycles. The van der Waals surface area contributed by atoms with E-state index in [1.54, 1.807) is 0 Å². The first-order valence-corrected chi connectivity index (χ1v) is 11.7. The number of unbranched alkanes of at least 4 members (excludes halogenated alkanes) is 1. The van der Waals surface area contributed by atoms with Gasteiger partial charge < -0.3 is 0 Å². The van der Waals surface area contributed by atoms with Crippen molar-refractivity contribution >= 4 is 27.1 Å². The van der Waals surface area contributed by atoms with Crippen LogP contribution in [0.4, 0.5) is 0 Å². The summed E-state index contributed by atoms with van der Waals surface area (Å²) in [5, 5.41) is 5.32. The minimum absolute atomic E-state index is 0.833. The summed E-state index contributed by atoms with van der Waals surface area (Å²) >= 11 is 0. The van der Waals surface area contributed by atoms with Crippen LogP contribution in [0.15, 0.2) is 78.9 Å². The third-order valence-electron chi connectivity index (χ3n) is 5.43. The molecule has 0 aliphatic heterocycles. The van der Waals surface area contributed by atoms with E-state index in [1.165, 1.54) is 50.2 Å². The van der Waals surface area contributed by atoms with Gasteiger partial charge in [0.15, 0.2) is 0 Å². The number of benzene rings is 3. The molecule has 0 heterocycles. The molecular formula is C31H40. The Hall–Kier alpha value is -2.60. The van der Waals surface area contributed by atoms with Gasteiger partial charge in [-0.15, -0.1) is 6.58 Å². The fourth-order valence-corrected chi connectivity index (χ4v) is 3.91. The first-order chi connectivity index (χ1) is 14.9. The molecule has 3 rings (SSSR count). The molecule has 0 amide bonds. The molecule has 31 heavy (non-hydrogen) atoms.